The van der Waals surface area contributed by atoms with Crippen LogP contribution in [-0.4, -0.2) is 0 Å². The number of fused-ring (bicyclic) bond motifs is 5. The van der Waals surface area contributed by atoms with Gasteiger partial charge in [0, 0.05) is 0 Å². The van der Waals surface area contributed by atoms with Gasteiger partial charge in [-0.25, -0.2) is 0 Å². The molecule has 10 rings (SSSR count). The predicted molar refractivity (Wildman–Crippen MR) is 224 cm³/mol. The summed E-state index contributed by atoms with van der Waals surface area (Å²) in [5, 5.41) is 10.0. The molecule has 242 valence electrons. The summed E-state index contributed by atoms with van der Waals surface area (Å²) in [5.74, 6) is 0. The topological polar surface area (TPSA) is 0 Å². The molecule has 52 heavy (non-hydrogen) atoms. The van der Waals surface area contributed by atoms with Gasteiger partial charge in [-0.15, -0.1) is 0 Å². The highest BCUT2D eigenvalue weighted by Gasteiger charge is 2.16. The lowest BCUT2D eigenvalue weighted by atomic mass is 9.86. The Labute approximate surface area is 303 Å². The Bertz CT molecular complexity index is 2930. The van der Waals surface area contributed by atoms with Gasteiger partial charge in [-0.2, -0.15) is 0 Å². The summed E-state index contributed by atoms with van der Waals surface area (Å²) in [6.07, 6.45) is 0. The third kappa shape index (κ3) is 5.16. The van der Waals surface area contributed by atoms with Crippen molar-refractivity contribution in [2.24, 2.45) is 0 Å². The molecule has 0 aromatic heterocycles. The van der Waals surface area contributed by atoms with Crippen molar-refractivity contribution in [2.75, 3.05) is 0 Å². The summed E-state index contributed by atoms with van der Waals surface area (Å²) >= 11 is 0. The molecule has 10 aromatic carbocycles. The van der Waals surface area contributed by atoms with E-state index >= 15 is 0 Å². The molecule has 0 heteroatoms. The summed E-state index contributed by atoms with van der Waals surface area (Å²) in [6, 6.07) is 75.7. The highest BCUT2D eigenvalue weighted by Crippen LogP contribution is 2.43. The van der Waals surface area contributed by atoms with Crippen LogP contribution >= 0.6 is 0 Å². The van der Waals surface area contributed by atoms with Gasteiger partial charge in [0.25, 0.3) is 0 Å². The van der Waals surface area contributed by atoms with Gasteiger partial charge in [-0.3, -0.25) is 0 Å². The van der Waals surface area contributed by atoms with Crippen LogP contribution in [0.15, 0.2) is 206 Å². The molecule has 0 aliphatic carbocycles. The summed E-state index contributed by atoms with van der Waals surface area (Å²) < 4.78 is 0. The molecular weight excluding hydrogens is 625 g/mol. The van der Waals surface area contributed by atoms with Gasteiger partial charge in [0.05, 0.1) is 0 Å². The van der Waals surface area contributed by atoms with Gasteiger partial charge in [0.1, 0.15) is 0 Å². The number of hydrogen-bond donors (Lipinski definition) is 0. The van der Waals surface area contributed by atoms with Crippen LogP contribution in [0.25, 0.3) is 98.7 Å². The fourth-order valence-corrected chi connectivity index (χ4v) is 8.12. The molecule has 0 N–H and O–H groups in total. The Morgan fingerprint density at radius 3 is 1.37 bits per heavy atom. The number of hydrogen-bond acceptors (Lipinski definition) is 0. The SMILES string of the molecule is c1ccc(-c2ccccc2-c2ccc3c(c2)cc(-c2cccc4ccccc24)c2cc(-c4cc5ccccc5cc4-c4ccccc4)ccc23)cc1. The van der Waals surface area contributed by atoms with Crippen LogP contribution < -0.4 is 0 Å². The van der Waals surface area contributed by atoms with Crippen molar-refractivity contribution < 1.29 is 0 Å². The molecule has 0 nitrogen and oxygen atoms in total. The minimum absolute atomic E-state index is 1.21. The van der Waals surface area contributed by atoms with E-state index in [-0.39, 0.29) is 0 Å². The Kier molecular flexibility index (Phi) is 7.25. The maximum Gasteiger partial charge on any atom is -0.00926 e. The van der Waals surface area contributed by atoms with Crippen molar-refractivity contribution in [3.05, 3.63) is 206 Å². The molecule has 0 fully saturated rings. The second-order valence-electron chi connectivity index (χ2n) is 13.7. The molecule has 0 bridgehead atoms. The lowest BCUT2D eigenvalue weighted by molar-refractivity contribution is 1.59. The van der Waals surface area contributed by atoms with E-state index in [1.54, 1.807) is 0 Å². The first-order chi connectivity index (χ1) is 25.8. The van der Waals surface area contributed by atoms with Gasteiger partial charge in [0.2, 0.25) is 0 Å². The zero-order chi connectivity index (χ0) is 34.4. The van der Waals surface area contributed by atoms with Crippen molar-refractivity contribution in [1.82, 2.24) is 0 Å². The Morgan fingerprint density at radius 1 is 0.173 bits per heavy atom. The predicted octanol–water partition coefficient (Wildman–Crippen LogP) is 14.6. The molecular formula is C52H34. The van der Waals surface area contributed by atoms with Crippen molar-refractivity contribution in [1.29, 1.82) is 0 Å². The van der Waals surface area contributed by atoms with E-state index in [1.807, 2.05) is 0 Å². The van der Waals surface area contributed by atoms with E-state index in [1.165, 1.54) is 98.7 Å². The van der Waals surface area contributed by atoms with Crippen molar-refractivity contribution in [2.45, 2.75) is 0 Å². The first-order valence-electron chi connectivity index (χ1n) is 18.0. The van der Waals surface area contributed by atoms with Crippen LogP contribution in [0.5, 0.6) is 0 Å². The summed E-state index contributed by atoms with van der Waals surface area (Å²) in [6.45, 7) is 0. The monoisotopic (exact) mass is 658 g/mol. The molecule has 0 saturated heterocycles. The molecule has 0 aliphatic rings. The third-order valence-corrected chi connectivity index (χ3v) is 10.6. The van der Waals surface area contributed by atoms with Gasteiger partial charge >= 0.3 is 0 Å². The number of rotatable bonds is 5. The third-order valence-electron chi connectivity index (χ3n) is 10.6. The zero-order valence-corrected chi connectivity index (χ0v) is 28.6. The van der Waals surface area contributed by atoms with E-state index in [2.05, 4.69) is 206 Å². The first kappa shape index (κ1) is 30.1. The zero-order valence-electron chi connectivity index (χ0n) is 28.6. The fourth-order valence-electron chi connectivity index (χ4n) is 8.12. The molecule has 0 saturated carbocycles. The van der Waals surface area contributed by atoms with Crippen LogP contribution in [0, 0.1) is 0 Å². The summed E-state index contributed by atoms with van der Waals surface area (Å²) in [5.41, 5.74) is 12.3. The molecule has 0 spiro atoms. The van der Waals surface area contributed by atoms with Crippen LogP contribution in [0.2, 0.25) is 0 Å². The fraction of sp³-hybridized carbons (Fsp3) is 0. The van der Waals surface area contributed by atoms with Crippen LogP contribution in [-0.2, 0) is 0 Å². The van der Waals surface area contributed by atoms with Gasteiger partial charge in [0.15, 0.2) is 0 Å². The van der Waals surface area contributed by atoms with Gasteiger partial charge in [-0.1, -0.05) is 176 Å². The molecule has 10 aromatic rings. The van der Waals surface area contributed by atoms with Crippen LogP contribution in [0.4, 0.5) is 0 Å². The Hall–Kier alpha value is -6.76. The lowest BCUT2D eigenvalue weighted by Crippen LogP contribution is -1.91. The lowest BCUT2D eigenvalue weighted by Gasteiger charge is -2.17. The highest BCUT2D eigenvalue weighted by molar-refractivity contribution is 6.18. The standard InChI is InChI=1S/C52H34/c1-3-14-35(15-4-1)43-22-11-12-24-45(43)40-26-28-46-42(30-40)34-52(47-25-13-21-36-18-9-10-23-44(36)47)51-33-41(27-29-48(46)51)50-32-39-20-8-7-19-38(39)31-49(50)37-16-5-2-6-17-37/h1-34H. The van der Waals surface area contributed by atoms with Gasteiger partial charge < -0.3 is 0 Å². The second kappa shape index (κ2) is 12.5. The molecule has 0 aliphatic heterocycles. The molecule has 0 atom stereocenters. The maximum atomic E-state index is 2.43. The average molecular weight is 659 g/mol. The minimum atomic E-state index is 1.21. The smallest absolute Gasteiger partial charge is 0.00926 e. The van der Waals surface area contributed by atoms with Crippen molar-refractivity contribution in [3.63, 3.8) is 0 Å². The highest BCUT2D eigenvalue weighted by atomic mass is 14.2. The van der Waals surface area contributed by atoms with Crippen LogP contribution in [0.1, 0.15) is 0 Å². The maximum absolute atomic E-state index is 2.43. The van der Waals surface area contributed by atoms with Crippen LogP contribution in [0.3, 0.4) is 0 Å². The second-order valence-corrected chi connectivity index (χ2v) is 13.7. The normalized spacial score (nSPS) is 11.5. The molecule has 0 unspecified atom stereocenters. The minimum Gasteiger partial charge on any atom is -0.0622 e. The van der Waals surface area contributed by atoms with E-state index < -0.39 is 0 Å². The van der Waals surface area contributed by atoms with E-state index in [4.69, 9.17) is 0 Å². The largest absolute Gasteiger partial charge is 0.0622 e. The first-order valence-corrected chi connectivity index (χ1v) is 18.0. The molecule has 0 amide bonds. The van der Waals surface area contributed by atoms with Gasteiger partial charge in [-0.05, 0) is 129 Å². The summed E-state index contributed by atoms with van der Waals surface area (Å²) in [7, 11) is 0. The van der Waals surface area contributed by atoms with Crippen molar-refractivity contribution in [3.8, 4) is 55.6 Å². The average Bonchev–Trinajstić information content (AvgIpc) is 3.23. The van der Waals surface area contributed by atoms with E-state index in [0.717, 1.165) is 0 Å². The van der Waals surface area contributed by atoms with Crippen molar-refractivity contribution >= 4 is 43.1 Å². The molecule has 0 radical (unpaired) electrons. The Morgan fingerprint density at radius 2 is 0.654 bits per heavy atom. The summed E-state index contributed by atoms with van der Waals surface area (Å²) in [4.78, 5) is 0. The van der Waals surface area contributed by atoms with E-state index in [0.29, 0.717) is 0 Å². The number of benzene rings is 10. The molecule has 0 heterocycles. The van der Waals surface area contributed by atoms with E-state index in [9.17, 15) is 0 Å². The quantitative estimate of drug-likeness (QED) is 0.161. The Balaban J connectivity index is 1.25.